The van der Waals surface area contributed by atoms with Crippen LogP contribution in [-0.2, 0) is 0 Å². The predicted molar refractivity (Wildman–Crippen MR) is 108 cm³/mol. The van der Waals surface area contributed by atoms with Crippen molar-refractivity contribution in [3.8, 4) is 0 Å². The van der Waals surface area contributed by atoms with E-state index in [9.17, 15) is 4.79 Å². The van der Waals surface area contributed by atoms with Gasteiger partial charge in [-0.25, -0.2) is 4.98 Å². The highest BCUT2D eigenvalue weighted by Crippen LogP contribution is 2.30. The molecule has 1 amide bonds. The van der Waals surface area contributed by atoms with Crippen LogP contribution in [0, 0.1) is 11.8 Å². The monoisotopic (exact) mass is 359 g/mol. The first-order chi connectivity index (χ1) is 12.5. The zero-order valence-electron chi connectivity index (χ0n) is 16.3. The van der Waals surface area contributed by atoms with Gasteiger partial charge in [-0.2, -0.15) is 0 Å². The summed E-state index contributed by atoms with van der Waals surface area (Å²) < 4.78 is 0. The van der Waals surface area contributed by atoms with Gasteiger partial charge in [0.1, 0.15) is 5.82 Å². The van der Waals surface area contributed by atoms with Gasteiger partial charge < -0.3 is 21.3 Å². The van der Waals surface area contributed by atoms with Gasteiger partial charge >= 0.3 is 0 Å². The van der Waals surface area contributed by atoms with Crippen molar-refractivity contribution in [1.82, 2.24) is 10.3 Å². The van der Waals surface area contributed by atoms with Gasteiger partial charge in [0.2, 0.25) is 0 Å². The molecule has 1 aliphatic heterocycles. The number of piperidine rings is 1. The number of aromatic nitrogens is 1. The summed E-state index contributed by atoms with van der Waals surface area (Å²) in [5.41, 5.74) is 7.24. The molecule has 1 saturated carbocycles. The molecule has 0 bridgehead atoms. The third-order valence-electron chi connectivity index (χ3n) is 5.95. The molecule has 4 N–H and O–H groups in total. The van der Waals surface area contributed by atoms with E-state index in [4.69, 9.17) is 10.7 Å². The van der Waals surface area contributed by atoms with Crippen LogP contribution < -0.4 is 21.3 Å². The number of carbonyl (C=O) groups is 1. The Hall–Kier alpha value is -1.98. The fraction of sp³-hybridized carbons (Fsp3) is 0.700. The number of nitrogens with one attached hydrogen (secondary N) is 2. The first-order valence-corrected chi connectivity index (χ1v) is 10.0. The molecule has 2 fully saturated rings. The van der Waals surface area contributed by atoms with Gasteiger partial charge in [-0.3, -0.25) is 4.79 Å². The minimum atomic E-state index is -0.0416. The van der Waals surface area contributed by atoms with Gasteiger partial charge in [0.15, 0.2) is 5.82 Å². The maximum absolute atomic E-state index is 13.0. The Morgan fingerprint density at radius 1 is 1.12 bits per heavy atom. The first kappa shape index (κ1) is 18.8. The Balaban J connectivity index is 1.82. The predicted octanol–water partition coefficient (Wildman–Crippen LogP) is 3.25. The van der Waals surface area contributed by atoms with Crippen LogP contribution in [0.4, 0.5) is 17.3 Å². The summed E-state index contributed by atoms with van der Waals surface area (Å²) in [6.45, 7) is 6.43. The van der Waals surface area contributed by atoms with E-state index < -0.39 is 0 Å². The lowest BCUT2D eigenvalue weighted by Crippen LogP contribution is -2.40. The highest BCUT2D eigenvalue weighted by molar-refractivity contribution is 6.00. The second-order valence-electron chi connectivity index (χ2n) is 8.15. The number of nitrogens with two attached hydrogens (primary N) is 1. The molecule has 1 aliphatic carbocycles. The number of nitrogen functional groups attached to an aromatic ring is 1. The van der Waals surface area contributed by atoms with E-state index in [0.29, 0.717) is 17.1 Å². The first-order valence-electron chi connectivity index (χ1n) is 10.0. The van der Waals surface area contributed by atoms with Gasteiger partial charge in [-0.1, -0.05) is 13.8 Å². The van der Waals surface area contributed by atoms with E-state index in [1.807, 2.05) is 7.05 Å². The lowest BCUT2D eigenvalue weighted by atomic mass is 9.87. The number of rotatable bonds is 4. The van der Waals surface area contributed by atoms with Crippen molar-refractivity contribution in [1.29, 1.82) is 0 Å². The molecule has 3 rings (SSSR count). The third-order valence-corrected chi connectivity index (χ3v) is 5.95. The standard InChI is InChI=1S/C20H33N5O/c1-13-4-6-15(7-5-13)23-20(26)16-12-17(21)18(22-3)24-19(16)25-10-8-14(2)9-11-25/h12-15H,4-11,21H2,1-3H3,(H,22,24)(H,23,26). The lowest BCUT2D eigenvalue weighted by molar-refractivity contribution is 0.0923. The smallest absolute Gasteiger partial charge is 0.255 e. The zero-order chi connectivity index (χ0) is 18.7. The molecule has 6 nitrogen and oxygen atoms in total. The second kappa shape index (κ2) is 8.14. The maximum atomic E-state index is 13.0. The average Bonchev–Trinajstić information content (AvgIpc) is 2.64. The molecule has 1 aromatic heterocycles. The molecule has 0 radical (unpaired) electrons. The van der Waals surface area contributed by atoms with Crippen LogP contribution in [0.1, 0.15) is 62.7 Å². The van der Waals surface area contributed by atoms with Crippen molar-refractivity contribution in [3.05, 3.63) is 11.6 Å². The second-order valence-corrected chi connectivity index (χ2v) is 8.15. The Morgan fingerprint density at radius 3 is 2.35 bits per heavy atom. The van der Waals surface area contributed by atoms with E-state index in [1.54, 1.807) is 6.07 Å². The molecule has 0 aromatic carbocycles. The number of hydrogen-bond donors (Lipinski definition) is 3. The molecule has 6 heteroatoms. The molecule has 26 heavy (non-hydrogen) atoms. The van der Waals surface area contributed by atoms with Gasteiger partial charge in [-0.15, -0.1) is 0 Å². The quantitative estimate of drug-likeness (QED) is 0.768. The number of hydrogen-bond acceptors (Lipinski definition) is 5. The maximum Gasteiger partial charge on any atom is 0.255 e. The normalized spacial score (nSPS) is 24.3. The minimum absolute atomic E-state index is 0.0416. The van der Waals surface area contributed by atoms with E-state index in [2.05, 4.69) is 29.4 Å². The van der Waals surface area contributed by atoms with Crippen LogP contribution in [0.2, 0.25) is 0 Å². The highest BCUT2D eigenvalue weighted by atomic mass is 16.1. The Labute approximate surface area is 156 Å². The van der Waals surface area contributed by atoms with Crippen LogP contribution in [0.15, 0.2) is 6.07 Å². The van der Waals surface area contributed by atoms with Crippen LogP contribution in [-0.4, -0.2) is 37.1 Å². The number of anilines is 3. The largest absolute Gasteiger partial charge is 0.396 e. The lowest BCUT2D eigenvalue weighted by Gasteiger charge is -2.33. The van der Waals surface area contributed by atoms with E-state index in [-0.39, 0.29) is 11.9 Å². The topological polar surface area (TPSA) is 83.3 Å². The van der Waals surface area contributed by atoms with Gasteiger partial charge in [0.25, 0.3) is 5.91 Å². The van der Waals surface area contributed by atoms with E-state index >= 15 is 0 Å². The third kappa shape index (κ3) is 4.22. The summed E-state index contributed by atoms with van der Waals surface area (Å²) >= 11 is 0. The van der Waals surface area contributed by atoms with E-state index in [1.165, 1.54) is 12.8 Å². The Kier molecular flexibility index (Phi) is 5.89. The summed E-state index contributed by atoms with van der Waals surface area (Å²) in [5.74, 6) is 2.85. The summed E-state index contributed by atoms with van der Waals surface area (Å²) in [5, 5.41) is 6.27. The van der Waals surface area contributed by atoms with Crippen LogP contribution in [0.5, 0.6) is 0 Å². The molecule has 0 atom stereocenters. The molecule has 1 aromatic rings. The number of carbonyl (C=O) groups excluding carboxylic acids is 1. The molecular formula is C20H33N5O. The van der Waals surface area contributed by atoms with Crippen molar-refractivity contribution in [3.63, 3.8) is 0 Å². The molecule has 144 valence electrons. The van der Waals surface area contributed by atoms with Crippen LogP contribution >= 0.6 is 0 Å². The van der Waals surface area contributed by atoms with Gasteiger partial charge in [0.05, 0.1) is 11.3 Å². The average molecular weight is 360 g/mol. The van der Waals surface area contributed by atoms with Crippen molar-refractivity contribution in [2.24, 2.45) is 11.8 Å². The zero-order valence-corrected chi connectivity index (χ0v) is 16.3. The van der Waals surface area contributed by atoms with Gasteiger partial charge in [-0.05, 0) is 56.4 Å². The summed E-state index contributed by atoms with van der Waals surface area (Å²) in [7, 11) is 1.81. The summed E-state index contributed by atoms with van der Waals surface area (Å²) in [6, 6.07) is 2.05. The number of amides is 1. The van der Waals surface area contributed by atoms with Gasteiger partial charge in [0, 0.05) is 26.2 Å². The van der Waals surface area contributed by atoms with Crippen molar-refractivity contribution in [2.45, 2.75) is 58.4 Å². The summed E-state index contributed by atoms with van der Waals surface area (Å²) in [6.07, 6.45) is 6.73. The summed E-state index contributed by atoms with van der Waals surface area (Å²) in [4.78, 5) is 19.9. The molecule has 2 heterocycles. The Morgan fingerprint density at radius 2 is 1.73 bits per heavy atom. The molecule has 0 spiro atoms. The van der Waals surface area contributed by atoms with Crippen LogP contribution in [0.3, 0.4) is 0 Å². The molecule has 2 aliphatic rings. The number of nitrogens with zero attached hydrogens (tertiary/aromatic N) is 2. The van der Waals surface area contributed by atoms with Crippen molar-refractivity contribution >= 4 is 23.2 Å². The van der Waals surface area contributed by atoms with E-state index in [0.717, 1.165) is 56.4 Å². The number of pyridine rings is 1. The SMILES string of the molecule is CNc1nc(N2CCC(C)CC2)c(C(=O)NC2CCC(C)CC2)cc1N. The Bertz CT molecular complexity index is 631. The van der Waals surface area contributed by atoms with Crippen molar-refractivity contribution < 1.29 is 4.79 Å². The van der Waals surface area contributed by atoms with Crippen molar-refractivity contribution in [2.75, 3.05) is 36.1 Å². The molecular weight excluding hydrogens is 326 g/mol. The fourth-order valence-corrected chi connectivity index (χ4v) is 4.02. The molecule has 0 unspecified atom stereocenters. The molecule has 1 saturated heterocycles. The minimum Gasteiger partial charge on any atom is -0.396 e. The highest BCUT2D eigenvalue weighted by Gasteiger charge is 2.26. The van der Waals surface area contributed by atoms with Crippen LogP contribution in [0.25, 0.3) is 0 Å². The fourth-order valence-electron chi connectivity index (χ4n) is 4.02.